The fraction of sp³-hybridized carbons (Fsp3) is 0.429. The highest BCUT2D eigenvalue weighted by Crippen LogP contribution is 2.13. The van der Waals surface area contributed by atoms with E-state index < -0.39 is 0 Å². The van der Waals surface area contributed by atoms with Crippen LogP contribution in [0.15, 0.2) is 21.9 Å². The fourth-order valence-corrected chi connectivity index (χ4v) is 1.21. The monoisotopic (exact) mass is 252 g/mol. The first-order valence-corrected chi connectivity index (χ1v) is 4.11. The normalized spacial score (nSPS) is 12.4. The first kappa shape index (κ1) is 9.97. The molecule has 0 aliphatic carbocycles. The molecule has 0 aromatic heterocycles. The maximum absolute atomic E-state index is 3.71. The smallest absolute Gasteiger partial charge is 0.0600 e. The van der Waals surface area contributed by atoms with Gasteiger partial charge in [0.1, 0.15) is 0 Å². The molecule has 0 bridgehead atoms. The molecule has 0 aromatic carbocycles. The molecule has 0 aromatic rings. The average Bonchev–Trinajstić information content (AvgIpc) is 1.88. The van der Waals surface area contributed by atoms with Crippen LogP contribution in [0.3, 0.4) is 0 Å². The van der Waals surface area contributed by atoms with Gasteiger partial charge in [-0.2, -0.15) is 0 Å². The van der Waals surface area contributed by atoms with Crippen LogP contribution in [0.4, 0.5) is 0 Å². The minimum absolute atomic E-state index is 1.11. The third kappa shape index (κ3) is 2.70. The van der Waals surface area contributed by atoms with E-state index in [-0.39, 0.29) is 0 Å². The van der Waals surface area contributed by atoms with E-state index >= 15 is 0 Å². The van der Waals surface area contributed by atoms with E-state index in [0.29, 0.717) is 0 Å². The fourth-order valence-electron chi connectivity index (χ4n) is 0.629. The van der Waals surface area contributed by atoms with E-state index in [1.165, 1.54) is 3.58 Å². The van der Waals surface area contributed by atoms with E-state index in [9.17, 15) is 0 Å². The summed E-state index contributed by atoms with van der Waals surface area (Å²) in [4.78, 5) is 0. The number of hydrazine groups is 1. The predicted octanol–water partition coefficient (Wildman–Crippen LogP) is 1.91. The SMILES string of the molecule is C=C/C(=C(/C)I)N(C)NC. The van der Waals surface area contributed by atoms with E-state index in [4.69, 9.17) is 0 Å². The maximum atomic E-state index is 3.71. The van der Waals surface area contributed by atoms with Gasteiger partial charge in [0, 0.05) is 17.7 Å². The summed E-state index contributed by atoms with van der Waals surface area (Å²) in [5, 5.41) is 1.93. The van der Waals surface area contributed by atoms with E-state index in [0.717, 1.165) is 5.70 Å². The molecular weight excluding hydrogens is 239 g/mol. The first-order valence-electron chi connectivity index (χ1n) is 3.03. The Hall–Kier alpha value is -0.0300. The number of allylic oxidation sites excluding steroid dienone is 2. The highest BCUT2D eigenvalue weighted by atomic mass is 127. The summed E-state index contributed by atoms with van der Waals surface area (Å²) in [6, 6.07) is 0. The van der Waals surface area contributed by atoms with Crippen LogP contribution in [0.1, 0.15) is 6.92 Å². The van der Waals surface area contributed by atoms with E-state index in [1.807, 2.05) is 32.1 Å². The second-order valence-electron chi connectivity index (χ2n) is 1.91. The van der Waals surface area contributed by atoms with Crippen molar-refractivity contribution in [1.29, 1.82) is 0 Å². The minimum atomic E-state index is 1.11. The van der Waals surface area contributed by atoms with Crippen molar-refractivity contribution in [2.24, 2.45) is 0 Å². The zero-order valence-corrected chi connectivity index (χ0v) is 8.77. The molecule has 3 heteroatoms. The van der Waals surface area contributed by atoms with Crippen LogP contribution in [0.5, 0.6) is 0 Å². The second kappa shape index (κ2) is 4.73. The lowest BCUT2D eigenvalue weighted by atomic mass is 10.4. The Morgan fingerprint density at radius 1 is 1.70 bits per heavy atom. The molecular formula is C7H13IN2. The van der Waals surface area contributed by atoms with Crippen molar-refractivity contribution in [3.63, 3.8) is 0 Å². The summed E-state index contributed by atoms with van der Waals surface area (Å²) >= 11 is 2.27. The van der Waals surface area contributed by atoms with Crippen molar-refractivity contribution in [2.45, 2.75) is 6.92 Å². The summed E-state index contributed by atoms with van der Waals surface area (Å²) in [6.07, 6.45) is 1.83. The van der Waals surface area contributed by atoms with Crippen LogP contribution in [-0.4, -0.2) is 19.1 Å². The molecule has 2 nitrogen and oxygen atoms in total. The summed E-state index contributed by atoms with van der Waals surface area (Å²) < 4.78 is 1.23. The second-order valence-corrected chi connectivity index (χ2v) is 3.52. The van der Waals surface area contributed by atoms with Gasteiger partial charge in [-0.05, 0) is 35.6 Å². The predicted molar refractivity (Wildman–Crippen MR) is 53.7 cm³/mol. The van der Waals surface area contributed by atoms with Gasteiger partial charge in [0.2, 0.25) is 0 Å². The zero-order valence-electron chi connectivity index (χ0n) is 6.61. The molecule has 0 saturated carbocycles. The van der Waals surface area contributed by atoms with Crippen LogP contribution in [0.25, 0.3) is 0 Å². The largest absolute Gasteiger partial charge is 0.311 e. The molecule has 0 fully saturated rings. The molecule has 0 amide bonds. The lowest BCUT2D eigenvalue weighted by Gasteiger charge is -2.19. The number of hydrogen-bond acceptors (Lipinski definition) is 2. The molecule has 0 radical (unpaired) electrons. The molecule has 0 rings (SSSR count). The van der Waals surface area contributed by atoms with E-state index in [1.54, 1.807) is 0 Å². The Bertz CT molecular complexity index is 148. The Labute approximate surface area is 76.1 Å². The molecule has 58 valence electrons. The van der Waals surface area contributed by atoms with Gasteiger partial charge < -0.3 is 5.01 Å². The molecule has 0 unspecified atom stereocenters. The van der Waals surface area contributed by atoms with Gasteiger partial charge in [-0.3, -0.25) is 0 Å². The zero-order chi connectivity index (χ0) is 8.15. The lowest BCUT2D eigenvalue weighted by molar-refractivity contribution is 0.342. The molecule has 10 heavy (non-hydrogen) atoms. The number of hydrogen-bond donors (Lipinski definition) is 1. The Morgan fingerprint density at radius 2 is 2.20 bits per heavy atom. The standard InChI is InChI=1S/C7H13IN2/c1-5-7(6(2)8)10(4)9-3/h5,9H,1H2,2-4H3/b7-6+. The van der Waals surface area contributed by atoms with Gasteiger partial charge in [0.25, 0.3) is 0 Å². The molecule has 0 heterocycles. The molecule has 1 N–H and O–H groups in total. The number of nitrogens with one attached hydrogen (secondary N) is 1. The number of likely N-dealkylation sites (N-methyl/N-ethyl adjacent to an activating group) is 1. The minimum Gasteiger partial charge on any atom is -0.311 e. The lowest BCUT2D eigenvalue weighted by Crippen LogP contribution is -2.29. The molecule has 0 atom stereocenters. The topological polar surface area (TPSA) is 15.3 Å². The van der Waals surface area contributed by atoms with Gasteiger partial charge in [0.05, 0.1) is 5.70 Å². The highest BCUT2D eigenvalue weighted by Gasteiger charge is 1.98. The third-order valence-corrected chi connectivity index (χ3v) is 1.80. The van der Waals surface area contributed by atoms with Crippen molar-refractivity contribution in [3.8, 4) is 0 Å². The highest BCUT2D eigenvalue weighted by molar-refractivity contribution is 14.1. The summed E-state index contributed by atoms with van der Waals surface area (Å²) in [5.41, 5.74) is 4.11. The van der Waals surface area contributed by atoms with Crippen LogP contribution in [0.2, 0.25) is 0 Å². The molecule has 0 spiro atoms. The Morgan fingerprint density at radius 3 is 2.30 bits per heavy atom. The third-order valence-electron chi connectivity index (χ3n) is 1.24. The van der Waals surface area contributed by atoms with Gasteiger partial charge in [-0.25, -0.2) is 5.43 Å². The van der Waals surface area contributed by atoms with Gasteiger partial charge in [0.15, 0.2) is 0 Å². The quantitative estimate of drug-likeness (QED) is 0.469. The van der Waals surface area contributed by atoms with Crippen LogP contribution >= 0.6 is 22.6 Å². The summed E-state index contributed by atoms with van der Waals surface area (Å²) in [7, 11) is 3.84. The van der Waals surface area contributed by atoms with Crippen molar-refractivity contribution in [2.75, 3.05) is 14.1 Å². The first-order chi connectivity index (χ1) is 4.63. The van der Waals surface area contributed by atoms with Crippen molar-refractivity contribution < 1.29 is 0 Å². The number of rotatable bonds is 3. The van der Waals surface area contributed by atoms with Crippen molar-refractivity contribution in [1.82, 2.24) is 10.4 Å². The average molecular weight is 252 g/mol. The molecule has 0 aliphatic rings. The summed E-state index contributed by atoms with van der Waals surface area (Å²) in [6.45, 7) is 5.75. The van der Waals surface area contributed by atoms with Crippen LogP contribution < -0.4 is 5.43 Å². The molecule has 0 aliphatic heterocycles. The van der Waals surface area contributed by atoms with Crippen LogP contribution in [0, 0.1) is 0 Å². The Kier molecular flexibility index (Phi) is 4.72. The van der Waals surface area contributed by atoms with Gasteiger partial charge in [-0.15, -0.1) is 0 Å². The number of nitrogens with zero attached hydrogens (tertiary/aromatic N) is 1. The Balaban J connectivity index is 4.36. The van der Waals surface area contributed by atoms with Gasteiger partial charge >= 0.3 is 0 Å². The van der Waals surface area contributed by atoms with Crippen molar-refractivity contribution in [3.05, 3.63) is 21.9 Å². The van der Waals surface area contributed by atoms with Crippen molar-refractivity contribution >= 4 is 22.6 Å². The maximum Gasteiger partial charge on any atom is 0.0600 e. The van der Waals surface area contributed by atoms with Crippen LogP contribution in [-0.2, 0) is 0 Å². The number of halogens is 1. The van der Waals surface area contributed by atoms with E-state index in [2.05, 4.69) is 34.6 Å². The van der Waals surface area contributed by atoms with Gasteiger partial charge in [-0.1, -0.05) is 6.58 Å². The summed E-state index contributed by atoms with van der Waals surface area (Å²) in [5.74, 6) is 0. The molecule has 0 saturated heterocycles.